The molecular weight excluding hydrogens is 232 g/mol. The highest BCUT2D eigenvalue weighted by Gasteiger charge is 2.05. The lowest BCUT2D eigenvalue weighted by Crippen LogP contribution is -2.17. The number of hydrogen-bond acceptors (Lipinski definition) is 2. The van der Waals surface area contributed by atoms with Crippen molar-refractivity contribution in [2.24, 2.45) is 0 Å². The topological polar surface area (TPSA) is 15.3 Å². The second kappa shape index (κ2) is 6.39. The molecule has 100 valence electrons. The molecular formula is C17H22N2. The van der Waals surface area contributed by atoms with E-state index in [4.69, 9.17) is 0 Å². The normalized spacial score (nSPS) is 12.2. The van der Waals surface area contributed by atoms with Crippen molar-refractivity contribution in [2.45, 2.75) is 19.5 Å². The molecule has 0 aliphatic heterocycles. The molecule has 0 amide bonds. The van der Waals surface area contributed by atoms with Crippen molar-refractivity contribution < 1.29 is 0 Å². The van der Waals surface area contributed by atoms with Crippen LogP contribution in [0.1, 0.15) is 24.1 Å². The van der Waals surface area contributed by atoms with Gasteiger partial charge in [-0.2, -0.15) is 0 Å². The Balaban J connectivity index is 2.05. The summed E-state index contributed by atoms with van der Waals surface area (Å²) in [6.45, 7) is 3.10. The number of benzene rings is 2. The van der Waals surface area contributed by atoms with Crippen molar-refractivity contribution in [1.29, 1.82) is 0 Å². The van der Waals surface area contributed by atoms with Gasteiger partial charge in [0.1, 0.15) is 0 Å². The smallest absolute Gasteiger partial charge is 0.0426 e. The fourth-order valence-electron chi connectivity index (χ4n) is 2.13. The third-order valence-electron chi connectivity index (χ3n) is 3.53. The van der Waals surface area contributed by atoms with Gasteiger partial charge >= 0.3 is 0 Å². The summed E-state index contributed by atoms with van der Waals surface area (Å²) >= 11 is 0. The average molecular weight is 254 g/mol. The van der Waals surface area contributed by atoms with Gasteiger partial charge < -0.3 is 10.2 Å². The fraction of sp³-hybridized carbons (Fsp3) is 0.294. The van der Waals surface area contributed by atoms with Crippen LogP contribution in [0.15, 0.2) is 54.6 Å². The van der Waals surface area contributed by atoms with Crippen LogP contribution in [0, 0.1) is 0 Å². The van der Waals surface area contributed by atoms with Crippen molar-refractivity contribution in [3.8, 4) is 0 Å². The molecule has 0 spiro atoms. The highest BCUT2D eigenvalue weighted by atomic mass is 15.1. The summed E-state index contributed by atoms with van der Waals surface area (Å²) in [7, 11) is 4.11. The minimum atomic E-state index is 0.397. The molecule has 0 heterocycles. The summed E-state index contributed by atoms with van der Waals surface area (Å²) in [6, 6.07) is 19.7. The van der Waals surface area contributed by atoms with Gasteiger partial charge in [-0.1, -0.05) is 42.5 Å². The van der Waals surface area contributed by atoms with E-state index in [-0.39, 0.29) is 0 Å². The first-order valence-corrected chi connectivity index (χ1v) is 6.73. The second-order valence-corrected chi connectivity index (χ2v) is 4.94. The van der Waals surface area contributed by atoms with Crippen molar-refractivity contribution in [2.75, 3.05) is 19.0 Å². The molecule has 19 heavy (non-hydrogen) atoms. The van der Waals surface area contributed by atoms with Gasteiger partial charge in [-0.15, -0.1) is 0 Å². The number of anilines is 1. The average Bonchev–Trinajstić information content (AvgIpc) is 2.47. The molecule has 0 aliphatic carbocycles. The molecule has 1 atom stereocenters. The lowest BCUT2D eigenvalue weighted by molar-refractivity contribution is 0.652. The Hall–Kier alpha value is -1.80. The standard InChI is InChI=1S/C17H22N2/c1-14(18-2)16-9-11-17(12-10-16)19(3)13-15-7-5-4-6-8-15/h4-12,14,18H,13H2,1-3H3. The van der Waals surface area contributed by atoms with Gasteiger partial charge in [0, 0.05) is 25.3 Å². The quantitative estimate of drug-likeness (QED) is 0.877. The molecule has 0 radical (unpaired) electrons. The van der Waals surface area contributed by atoms with Crippen LogP contribution in [0.3, 0.4) is 0 Å². The summed E-state index contributed by atoms with van der Waals surface area (Å²) in [4.78, 5) is 2.27. The molecule has 2 aromatic rings. The molecule has 0 bridgehead atoms. The van der Waals surface area contributed by atoms with Crippen molar-refractivity contribution >= 4 is 5.69 Å². The summed E-state index contributed by atoms with van der Waals surface area (Å²) in [6.07, 6.45) is 0. The highest BCUT2D eigenvalue weighted by molar-refractivity contribution is 5.47. The fourth-order valence-corrected chi connectivity index (χ4v) is 2.13. The number of rotatable bonds is 5. The zero-order valence-electron chi connectivity index (χ0n) is 11.9. The van der Waals surface area contributed by atoms with Crippen LogP contribution >= 0.6 is 0 Å². The minimum absolute atomic E-state index is 0.397. The minimum Gasteiger partial charge on any atom is -0.370 e. The van der Waals surface area contributed by atoms with Gasteiger partial charge in [0.15, 0.2) is 0 Å². The Morgan fingerprint density at radius 1 is 1.00 bits per heavy atom. The Kier molecular flexibility index (Phi) is 4.58. The Bertz CT molecular complexity index is 490. The third-order valence-corrected chi connectivity index (χ3v) is 3.53. The van der Waals surface area contributed by atoms with E-state index >= 15 is 0 Å². The summed E-state index contributed by atoms with van der Waals surface area (Å²) in [5.41, 5.74) is 3.90. The van der Waals surface area contributed by atoms with Crippen LogP contribution in [-0.2, 0) is 6.54 Å². The first-order chi connectivity index (χ1) is 9.20. The predicted molar refractivity (Wildman–Crippen MR) is 82.5 cm³/mol. The van der Waals surface area contributed by atoms with Crippen LogP contribution < -0.4 is 10.2 Å². The molecule has 0 fully saturated rings. The molecule has 0 saturated heterocycles. The lowest BCUT2D eigenvalue weighted by atomic mass is 10.1. The largest absolute Gasteiger partial charge is 0.370 e. The highest BCUT2D eigenvalue weighted by Crippen LogP contribution is 2.19. The molecule has 2 rings (SSSR count). The Labute approximate surface area is 116 Å². The molecule has 2 heteroatoms. The van der Waals surface area contributed by atoms with E-state index in [1.165, 1.54) is 16.8 Å². The zero-order chi connectivity index (χ0) is 13.7. The maximum Gasteiger partial charge on any atom is 0.0426 e. The van der Waals surface area contributed by atoms with E-state index in [1.54, 1.807) is 0 Å². The molecule has 0 saturated carbocycles. The van der Waals surface area contributed by atoms with Crippen molar-refractivity contribution in [3.05, 3.63) is 65.7 Å². The van der Waals surface area contributed by atoms with Crippen molar-refractivity contribution in [3.63, 3.8) is 0 Å². The van der Waals surface area contributed by atoms with E-state index in [0.717, 1.165) is 6.54 Å². The maximum absolute atomic E-state index is 3.26. The molecule has 2 nitrogen and oxygen atoms in total. The van der Waals surface area contributed by atoms with Gasteiger partial charge in [-0.05, 0) is 37.2 Å². The number of nitrogens with zero attached hydrogens (tertiary/aromatic N) is 1. The predicted octanol–water partition coefficient (Wildman–Crippen LogP) is 3.60. The van der Waals surface area contributed by atoms with E-state index in [2.05, 4.69) is 78.8 Å². The first kappa shape index (κ1) is 13.6. The second-order valence-electron chi connectivity index (χ2n) is 4.94. The molecule has 0 aromatic heterocycles. The van der Waals surface area contributed by atoms with Gasteiger partial charge in [-0.25, -0.2) is 0 Å². The third kappa shape index (κ3) is 3.58. The van der Waals surface area contributed by atoms with Crippen LogP contribution in [0.4, 0.5) is 5.69 Å². The lowest BCUT2D eigenvalue weighted by Gasteiger charge is -2.20. The maximum atomic E-state index is 3.26. The summed E-state index contributed by atoms with van der Waals surface area (Å²) in [5.74, 6) is 0. The van der Waals surface area contributed by atoms with Crippen LogP contribution in [-0.4, -0.2) is 14.1 Å². The number of nitrogens with one attached hydrogen (secondary N) is 1. The molecule has 2 aromatic carbocycles. The summed E-state index contributed by atoms with van der Waals surface area (Å²) < 4.78 is 0. The van der Waals surface area contributed by atoms with Gasteiger partial charge in [0.2, 0.25) is 0 Å². The first-order valence-electron chi connectivity index (χ1n) is 6.73. The van der Waals surface area contributed by atoms with Crippen LogP contribution in [0.5, 0.6) is 0 Å². The molecule has 0 aliphatic rings. The summed E-state index contributed by atoms with van der Waals surface area (Å²) in [5, 5.41) is 3.26. The van der Waals surface area contributed by atoms with E-state index in [0.29, 0.717) is 6.04 Å². The van der Waals surface area contributed by atoms with Crippen molar-refractivity contribution in [1.82, 2.24) is 5.32 Å². The van der Waals surface area contributed by atoms with E-state index in [9.17, 15) is 0 Å². The van der Waals surface area contributed by atoms with Crippen LogP contribution in [0.2, 0.25) is 0 Å². The Morgan fingerprint density at radius 3 is 2.21 bits per heavy atom. The van der Waals surface area contributed by atoms with E-state index in [1.807, 2.05) is 7.05 Å². The van der Waals surface area contributed by atoms with Gasteiger partial charge in [0.05, 0.1) is 0 Å². The zero-order valence-corrected chi connectivity index (χ0v) is 11.9. The van der Waals surface area contributed by atoms with Gasteiger partial charge in [0.25, 0.3) is 0 Å². The molecule has 1 N–H and O–H groups in total. The monoisotopic (exact) mass is 254 g/mol. The van der Waals surface area contributed by atoms with E-state index < -0.39 is 0 Å². The van der Waals surface area contributed by atoms with Crippen LogP contribution in [0.25, 0.3) is 0 Å². The SMILES string of the molecule is CNC(C)c1ccc(N(C)Cc2ccccc2)cc1. The van der Waals surface area contributed by atoms with Gasteiger partial charge in [-0.3, -0.25) is 0 Å². The number of hydrogen-bond donors (Lipinski definition) is 1. The Morgan fingerprint density at radius 2 is 1.63 bits per heavy atom. The molecule has 1 unspecified atom stereocenters.